The highest BCUT2D eigenvalue weighted by molar-refractivity contribution is 7.18. The van der Waals surface area contributed by atoms with E-state index in [9.17, 15) is 14.7 Å². The molecule has 2 heterocycles. The number of hydrogen-bond acceptors (Lipinski definition) is 6. The van der Waals surface area contributed by atoms with Crippen LogP contribution in [0.5, 0.6) is 0 Å². The van der Waals surface area contributed by atoms with Crippen LogP contribution in [0.2, 0.25) is 0 Å². The van der Waals surface area contributed by atoms with Gasteiger partial charge in [0.25, 0.3) is 5.91 Å². The fourth-order valence-electron chi connectivity index (χ4n) is 4.13. The quantitative estimate of drug-likeness (QED) is 0.551. The maximum atomic E-state index is 12.8. The number of hydrogen-bond donors (Lipinski definition) is 2. The number of rotatable bonds is 5. The molecule has 0 radical (unpaired) electrons. The molecule has 1 saturated carbocycles. The lowest BCUT2D eigenvalue weighted by Gasteiger charge is -2.23. The molecule has 0 bridgehead atoms. The Morgan fingerprint density at radius 3 is 2.58 bits per heavy atom. The van der Waals surface area contributed by atoms with Crippen LogP contribution < -0.4 is 5.32 Å². The number of nitrogens with zero attached hydrogens (tertiary/aromatic N) is 2. The Hall–Kier alpha value is -2.64. The largest absolute Gasteiger partial charge is 0.386 e. The summed E-state index contributed by atoms with van der Waals surface area (Å²) in [5, 5.41) is 14.7. The van der Waals surface area contributed by atoms with E-state index in [0.717, 1.165) is 52.9 Å². The van der Waals surface area contributed by atoms with Gasteiger partial charge in [0.05, 0.1) is 20.8 Å². The van der Waals surface area contributed by atoms with Crippen LogP contribution in [0.3, 0.4) is 0 Å². The number of aromatic nitrogens is 2. The number of aldehydes is 1. The molecule has 0 unspecified atom stereocenters. The van der Waals surface area contributed by atoms with Crippen molar-refractivity contribution in [2.75, 3.05) is 5.32 Å². The third-order valence-electron chi connectivity index (χ3n) is 5.89. The van der Waals surface area contributed by atoms with E-state index in [1.54, 1.807) is 37.3 Å². The minimum Gasteiger partial charge on any atom is -0.386 e. The first-order chi connectivity index (χ1) is 14.7. The van der Waals surface area contributed by atoms with Gasteiger partial charge in [-0.3, -0.25) is 4.79 Å². The number of amides is 1. The molecule has 0 atom stereocenters. The van der Waals surface area contributed by atoms with Crippen LogP contribution in [-0.4, -0.2) is 27.3 Å². The summed E-state index contributed by atoms with van der Waals surface area (Å²) < 4.78 is 0.966. The first kappa shape index (κ1) is 21.6. The van der Waals surface area contributed by atoms with Crippen molar-refractivity contribution in [3.63, 3.8) is 0 Å². The summed E-state index contributed by atoms with van der Waals surface area (Å²) >= 11 is 1.62. The van der Waals surface area contributed by atoms with Crippen LogP contribution >= 0.6 is 11.3 Å². The van der Waals surface area contributed by atoms with Crippen LogP contribution in [0.15, 0.2) is 30.3 Å². The van der Waals surface area contributed by atoms with Crippen LogP contribution in [0, 0.1) is 12.8 Å². The molecule has 4 rings (SSSR count). The minimum atomic E-state index is -1.15. The smallest absolute Gasteiger partial charge is 0.274 e. The van der Waals surface area contributed by atoms with Crippen molar-refractivity contribution >= 4 is 39.4 Å². The summed E-state index contributed by atoms with van der Waals surface area (Å²) in [6.07, 6.45) is 4.81. The second kappa shape index (κ2) is 8.48. The first-order valence-corrected chi connectivity index (χ1v) is 11.4. The number of aliphatic hydroxyl groups is 1. The van der Waals surface area contributed by atoms with E-state index in [4.69, 9.17) is 4.98 Å². The standard InChI is InChI=1S/C24H27N3O3S/c1-14-5-4-6-18(25-14)22(29)26-19-12-21-20(11-17(19)24(2,3)30)27-23(31-21)16-9-7-15(13-28)8-10-16/h4-6,11-13,15-16,30H,7-10H2,1-3H3,(H,26,29)/t15-,16-. The number of nitrogens with one attached hydrogen (secondary N) is 1. The Morgan fingerprint density at radius 1 is 1.19 bits per heavy atom. The van der Waals surface area contributed by atoms with E-state index in [1.807, 2.05) is 25.1 Å². The zero-order valence-electron chi connectivity index (χ0n) is 18.0. The monoisotopic (exact) mass is 437 g/mol. The van der Waals surface area contributed by atoms with Crippen molar-refractivity contribution in [2.45, 2.75) is 58.0 Å². The van der Waals surface area contributed by atoms with Crippen molar-refractivity contribution in [3.8, 4) is 0 Å². The molecule has 7 heteroatoms. The molecular weight excluding hydrogens is 410 g/mol. The van der Waals surface area contributed by atoms with Crippen molar-refractivity contribution in [2.24, 2.45) is 5.92 Å². The Labute approximate surface area is 185 Å². The summed E-state index contributed by atoms with van der Waals surface area (Å²) in [6, 6.07) is 9.07. The molecule has 0 spiro atoms. The fourth-order valence-corrected chi connectivity index (χ4v) is 5.29. The van der Waals surface area contributed by atoms with Gasteiger partial charge in [-0.1, -0.05) is 6.07 Å². The van der Waals surface area contributed by atoms with Crippen LogP contribution in [-0.2, 0) is 10.4 Å². The van der Waals surface area contributed by atoms with E-state index >= 15 is 0 Å². The van der Waals surface area contributed by atoms with E-state index in [-0.39, 0.29) is 11.8 Å². The highest BCUT2D eigenvalue weighted by Crippen LogP contribution is 2.40. The van der Waals surface area contributed by atoms with Gasteiger partial charge in [0.2, 0.25) is 0 Å². The van der Waals surface area contributed by atoms with E-state index in [1.165, 1.54) is 0 Å². The summed E-state index contributed by atoms with van der Waals surface area (Å²) in [5.74, 6) is 0.212. The highest BCUT2D eigenvalue weighted by atomic mass is 32.1. The number of pyridine rings is 1. The zero-order valence-corrected chi connectivity index (χ0v) is 18.8. The number of carbonyl (C=O) groups is 2. The van der Waals surface area contributed by atoms with Gasteiger partial charge in [0.15, 0.2) is 0 Å². The second-order valence-corrected chi connectivity index (χ2v) is 9.90. The van der Waals surface area contributed by atoms with Crippen LogP contribution in [0.4, 0.5) is 5.69 Å². The Bertz CT molecular complexity index is 1120. The fraction of sp³-hybridized carbons (Fsp3) is 0.417. The van der Waals surface area contributed by atoms with Gasteiger partial charge >= 0.3 is 0 Å². The van der Waals surface area contributed by atoms with Crippen LogP contribution in [0.25, 0.3) is 10.2 Å². The lowest BCUT2D eigenvalue weighted by molar-refractivity contribution is -0.111. The van der Waals surface area contributed by atoms with Gasteiger partial charge in [-0.25, -0.2) is 9.97 Å². The molecule has 0 aliphatic heterocycles. The van der Waals surface area contributed by atoms with E-state index in [2.05, 4.69) is 10.3 Å². The predicted molar refractivity (Wildman–Crippen MR) is 123 cm³/mol. The summed E-state index contributed by atoms with van der Waals surface area (Å²) in [6.45, 7) is 5.23. The van der Waals surface area contributed by atoms with Gasteiger partial charge in [-0.05, 0) is 70.7 Å². The molecule has 3 aromatic rings. The summed E-state index contributed by atoms with van der Waals surface area (Å²) in [5.41, 5.74) is 1.95. The molecule has 31 heavy (non-hydrogen) atoms. The highest BCUT2D eigenvalue weighted by Gasteiger charge is 2.27. The van der Waals surface area contributed by atoms with Gasteiger partial charge in [0.1, 0.15) is 12.0 Å². The van der Waals surface area contributed by atoms with Crippen molar-refractivity contribution < 1.29 is 14.7 Å². The Kier molecular flexibility index (Phi) is 5.90. The van der Waals surface area contributed by atoms with Crippen molar-refractivity contribution in [1.29, 1.82) is 0 Å². The molecule has 162 valence electrons. The first-order valence-electron chi connectivity index (χ1n) is 10.6. The van der Waals surface area contributed by atoms with Gasteiger partial charge in [-0.2, -0.15) is 0 Å². The second-order valence-electron chi connectivity index (χ2n) is 8.84. The zero-order chi connectivity index (χ0) is 22.2. The lowest BCUT2D eigenvalue weighted by atomic mass is 9.83. The number of benzene rings is 1. The number of fused-ring (bicyclic) bond motifs is 1. The lowest BCUT2D eigenvalue weighted by Crippen LogP contribution is -2.21. The molecule has 1 aliphatic carbocycles. The van der Waals surface area contributed by atoms with Crippen molar-refractivity contribution in [1.82, 2.24) is 9.97 Å². The van der Waals surface area contributed by atoms with Crippen molar-refractivity contribution in [3.05, 3.63) is 52.3 Å². The minimum absolute atomic E-state index is 0.171. The third-order valence-corrected chi connectivity index (χ3v) is 7.07. The molecule has 1 aliphatic rings. The average Bonchev–Trinajstić information content (AvgIpc) is 3.15. The van der Waals surface area contributed by atoms with Crippen LogP contribution in [0.1, 0.15) is 72.2 Å². The summed E-state index contributed by atoms with van der Waals surface area (Å²) in [4.78, 5) is 33.0. The van der Waals surface area contributed by atoms with Gasteiger partial charge in [-0.15, -0.1) is 11.3 Å². The normalized spacial score (nSPS) is 19.4. The molecule has 1 aromatic carbocycles. The SMILES string of the molecule is Cc1cccc(C(=O)Nc2cc3sc([C@H]4CC[C@H](C=O)CC4)nc3cc2C(C)(C)O)n1. The summed E-state index contributed by atoms with van der Waals surface area (Å²) in [7, 11) is 0. The number of carbonyl (C=O) groups excluding carboxylic acids is 2. The molecule has 1 fully saturated rings. The molecule has 0 saturated heterocycles. The van der Waals surface area contributed by atoms with E-state index < -0.39 is 5.60 Å². The van der Waals surface area contributed by atoms with Gasteiger partial charge in [0, 0.05) is 28.8 Å². The van der Waals surface area contributed by atoms with E-state index in [0.29, 0.717) is 22.9 Å². The molecule has 6 nitrogen and oxygen atoms in total. The molecule has 1 amide bonds. The maximum Gasteiger partial charge on any atom is 0.274 e. The molecular formula is C24H27N3O3S. The Balaban J connectivity index is 1.67. The molecule has 2 N–H and O–H groups in total. The average molecular weight is 438 g/mol. The third kappa shape index (κ3) is 4.67. The number of thiazole rings is 1. The number of anilines is 1. The van der Waals surface area contributed by atoms with Gasteiger partial charge < -0.3 is 15.2 Å². The Morgan fingerprint density at radius 2 is 1.94 bits per heavy atom. The predicted octanol–water partition coefficient (Wildman–Crippen LogP) is 4.95. The molecule has 2 aromatic heterocycles. The topological polar surface area (TPSA) is 92.2 Å². The maximum absolute atomic E-state index is 12.8. The number of aryl methyl sites for hydroxylation is 1.